The first kappa shape index (κ1) is 22.8. The molecule has 1 atom stereocenters. The predicted octanol–water partition coefficient (Wildman–Crippen LogP) is 4.15. The van der Waals surface area contributed by atoms with Crippen molar-refractivity contribution >= 4 is 34.7 Å². The van der Waals surface area contributed by atoms with E-state index in [4.69, 9.17) is 11.6 Å². The molecule has 2 N–H and O–H groups in total. The number of fused-ring (bicyclic) bond motifs is 1. The second-order valence-electron chi connectivity index (χ2n) is 7.61. The summed E-state index contributed by atoms with van der Waals surface area (Å²) in [6.07, 6.45) is -0.673. The van der Waals surface area contributed by atoms with Gasteiger partial charge in [0.05, 0.1) is 5.69 Å². The number of alkyl halides is 3. The summed E-state index contributed by atoms with van der Waals surface area (Å²) in [4.78, 5) is 34.1. The van der Waals surface area contributed by atoms with Crippen molar-refractivity contribution < 1.29 is 23.1 Å². The second-order valence-corrected chi connectivity index (χ2v) is 8.00. The van der Waals surface area contributed by atoms with Crippen LogP contribution in [0.25, 0.3) is 5.65 Å². The number of hydrogen-bond acceptors (Lipinski definition) is 6. The third-order valence-corrected chi connectivity index (χ3v) is 5.60. The Labute approximate surface area is 190 Å². The summed E-state index contributed by atoms with van der Waals surface area (Å²) in [6.45, 7) is 1.31. The van der Waals surface area contributed by atoms with E-state index in [0.29, 0.717) is 18.9 Å². The molecule has 174 valence electrons. The summed E-state index contributed by atoms with van der Waals surface area (Å²) in [5.41, 5.74) is -2.03. The van der Waals surface area contributed by atoms with E-state index in [1.54, 1.807) is 0 Å². The van der Waals surface area contributed by atoms with Crippen LogP contribution in [0.3, 0.4) is 0 Å². The minimum Gasteiger partial charge on any atom is -0.476 e. The van der Waals surface area contributed by atoms with Crippen molar-refractivity contribution in [1.29, 1.82) is 0 Å². The highest BCUT2D eigenvalue weighted by atomic mass is 35.5. The molecular weight excluding hydrogens is 463 g/mol. The zero-order chi connectivity index (χ0) is 23.8. The van der Waals surface area contributed by atoms with Crippen LogP contribution in [0.4, 0.5) is 24.7 Å². The standard InChI is InChI=1S/C21H19ClF3N5O3/c22-14-7-6-13(17(27-14)20(32)33)26-18(21(23,24)25)12-5-4-10-30-16(31)11-15(28-19(12)30)29-8-2-1-3-9-29/h4-7,10-11,18,26H,1-3,8-9H2,(H,32,33)/t18-/m0/s1. The van der Waals surface area contributed by atoms with Crippen molar-refractivity contribution in [3.63, 3.8) is 0 Å². The number of aromatic nitrogens is 3. The first-order valence-electron chi connectivity index (χ1n) is 10.2. The summed E-state index contributed by atoms with van der Waals surface area (Å²) in [5, 5.41) is 11.4. The maximum atomic E-state index is 14.2. The molecule has 0 bridgehead atoms. The van der Waals surface area contributed by atoms with Crippen LogP contribution in [0.2, 0.25) is 5.15 Å². The van der Waals surface area contributed by atoms with Gasteiger partial charge < -0.3 is 15.3 Å². The van der Waals surface area contributed by atoms with Gasteiger partial charge in [-0.05, 0) is 37.5 Å². The molecule has 8 nitrogen and oxygen atoms in total. The highest BCUT2D eigenvalue weighted by Crippen LogP contribution is 2.38. The van der Waals surface area contributed by atoms with Crippen LogP contribution >= 0.6 is 11.6 Å². The highest BCUT2D eigenvalue weighted by Gasteiger charge is 2.43. The second kappa shape index (κ2) is 8.89. The Balaban J connectivity index is 1.86. The normalized spacial score (nSPS) is 15.5. The topological polar surface area (TPSA) is 99.8 Å². The van der Waals surface area contributed by atoms with Gasteiger partial charge in [0.15, 0.2) is 11.7 Å². The van der Waals surface area contributed by atoms with E-state index in [-0.39, 0.29) is 22.1 Å². The Morgan fingerprint density at radius 3 is 2.55 bits per heavy atom. The summed E-state index contributed by atoms with van der Waals surface area (Å²) in [6, 6.07) is 3.76. The van der Waals surface area contributed by atoms with Crippen molar-refractivity contribution in [1.82, 2.24) is 14.4 Å². The van der Waals surface area contributed by atoms with E-state index in [1.807, 2.05) is 4.90 Å². The molecule has 3 aromatic rings. The molecule has 4 heterocycles. The lowest BCUT2D eigenvalue weighted by Crippen LogP contribution is -2.33. The molecule has 33 heavy (non-hydrogen) atoms. The Morgan fingerprint density at radius 2 is 1.88 bits per heavy atom. The summed E-state index contributed by atoms with van der Waals surface area (Å²) in [5.74, 6) is -1.23. The summed E-state index contributed by atoms with van der Waals surface area (Å²) >= 11 is 5.71. The first-order chi connectivity index (χ1) is 15.6. The van der Waals surface area contributed by atoms with E-state index in [2.05, 4.69) is 15.3 Å². The first-order valence-corrected chi connectivity index (χ1v) is 10.5. The number of pyridine rings is 2. The lowest BCUT2D eigenvalue weighted by atomic mass is 10.1. The Morgan fingerprint density at radius 1 is 1.15 bits per heavy atom. The van der Waals surface area contributed by atoms with Gasteiger partial charge in [-0.15, -0.1) is 0 Å². The highest BCUT2D eigenvalue weighted by molar-refractivity contribution is 6.29. The third kappa shape index (κ3) is 4.72. The number of aromatic carboxylic acids is 1. The molecule has 1 aliphatic rings. The van der Waals surface area contributed by atoms with E-state index < -0.39 is 29.4 Å². The smallest absolute Gasteiger partial charge is 0.412 e. The zero-order valence-electron chi connectivity index (χ0n) is 17.1. The molecule has 0 amide bonds. The van der Waals surface area contributed by atoms with E-state index in [0.717, 1.165) is 29.7 Å². The molecule has 0 radical (unpaired) electrons. The van der Waals surface area contributed by atoms with Crippen molar-refractivity contribution in [2.75, 3.05) is 23.3 Å². The molecule has 12 heteroatoms. The van der Waals surface area contributed by atoms with Crippen LogP contribution in [0.1, 0.15) is 41.4 Å². The molecule has 0 saturated carbocycles. The van der Waals surface area contributed by atoms with E-state index >= 15 is 0 Å². The van der Waals surface area contributed by atoms with Gasteiger partial charge in [0, 0.05) is 30.9 Å². The maximum Gasteiger partial charge on any atom is 0.412 e. The number of hydrogen-bond donors (Lipinski definition) is 2. The number of rotatable bonds is 5. The number of carbonyl (C=O) groups is 1. The summed E-state index contributed by atoms with van der Waals surface area (Å²) < 4.78 is 43.7. The van der Waals surface area contributed by atoms with Crippen molar-refractivity contribution in [2.24, 2.45) is 0 Å². The summed E-state index contributed by atoms with van der Waals surface area (Å²) in [7, 11) is 0. The number of carboxylic acids is 1. The van der Waals surface area contributed by atoms with Gasteiger partial charge in [0.1, 0.15) is 16.6 Å². The predicted molar refractivity (Wildman–Crippen MR) is 116 cm³/mol. The van der Waals surface area contributed by atoms with Crippen molar-refractivity contribution in [3.05, 3.63) is 63.3 Å². The number of carboxylic acid groups (broad SMARTS) is 1. The van der Waals surface area contributed by atoms with Gasteiger partial charge in [0.2, 0.25) is 0 Å². The molecule has 0 aliphatic carbocycles. The lowest BCUT2D eigenvalue weighted by molar-refractivity contribution is -0.143. The van der Waals surface area contributed by atoms with Crippen molar-refractivity contribution in [3.8, 4) is 0 Å². The Bertz CT molecular complexity index is 1260. The molecule has 3 aromatic heterocycles. The number of halogens is 4. The number of nitrogens with one attached hydrogen (secondary N) is 1. The molecule has 1 fully saturated rings. The average Bonchev–Trinajstić information content (AvgIpc) is 2.77. The Kier molecular flexibility index (Phi) is 6.15. The molecule has 0 aromatic carbocycles. The van der Waals surface area contributed by atoms with Gasteiger partial charge in [-0.2, -0.15) is 13.2 Å². The number of nitrogens with zero attached hydrogens (tertiary/aromatic N) is 4. The molecule has 0 unspecified atom stereocenters. The van der Waals surface area contributed by atoms with Crippen LogP contribution in [0, 0.1) is 0 Å². The average molecular weight is 482 g/mol. The minimum atomic E-state index is -4.85. The fourth-order valence-corrected chi connectivity index (χ4v) is 4.00. The molecule has 1 aliphatic heterocycles. The fourth-order valence-electron chi connectivity index (χ4n) is 3.85. The molecule has 4 rings (SSSR count). The lowest BCUT2D eigenvalue weighted by Gasteiger charge is -2.28. The van der Waals surface area contributed by atoms with Gasteiger partial charge in [-0.25, -0.2) is 14.8 Å². The van der Waals surface area contributed by atoms with Crippen LogP contribution < -0.4 is 15.8 Å². The fraction of sp³-hybridized carbons (Fsp3) is 0.333. The number of piperidine rings is 1. The van der Waals surface area contributed by atoms with E-state index in [1.165, 1.54) is 30.5 Å². The SMILES string of the molecule is O=C(O)c1nc(Cl)ccc1N[C@@H](c1cccn2c(=O)cc(N3CCCCC3)nc12)C(F)(F)F. The largest absolute Gasteiger partial charge is 0.476 e. The minimum absolute atomic E-state index is 0.167. The van der Waals surface area contributed by atoms with Crippen molar-refractivity contribution in [2.45, 2.75) is 31.5 Å². The van der Waals surface area contributed by atoms with E-state index in [9.17, 15) is 27.9 Å². The number of anilines is 2. The van der Waals surface area contributed by atoms with Gasteiger partial charge in [0.25, 0.3) is 5.56 Å². The van der Waals surface area contributed by atoms with Gasteiger partial charge >= 0.3 is 12.1 Å². The molecule has 0 spiro atoms. The quantitative estimate of drug-likeness (QED) is 0.528. The monoisotopic (exact) mass is 481 g/mol. The maximum absolute atomic E-state index is 14.2. The van der Waals surface area contributed by atoms with Gasteiger partial charge in [-0.1, -0.05) is 17.7 Å². The van der Waals surface area contributed by atoms with Gasteiger partial charge in [-0.3, -0.25) is 9.20 Å². The molecular formula is C21H19ClF3N5O3. The third-order valence-electron chi connectivity index (χ3n) is 5.39. The Hall–Kier alpha value is -3.34. The van der Waals surface area contributed by atoms with Crippen LogP contribution in [0.5, 0.6) is 0 Å². The zero-order valence-corrected chi connectivity index (χ0v) is 17.9. The van der Waals surface area contributed by atoms with Crippen LogP contribution in [-0.4, -0.2) is 44.7 Å². The van der Waals surface area contributed by atoms with Crippen LogP contribution in [0.15, 0.2) is 41.3 Å². The van der Waals surface area contributed by atoms with Crippen LogP contribution in [-0.2, 0) is 0 Å². The molecule has 1 saturated heterocycles.